The number of amides is 1. The third-order valence-electron chi connectivity index (χ3n) is 4.46. The van der Waals surface area contributed by atoms with Gasteiger partial charge in [0.15, 0.2) is 12.3 Å². The highest BCUT2D eigenvalue weighted by Crippen LogP contribution is 2.36. The topological polar surface area (TPSA) is 106 Å². The molecule has 2 saturated heterocycles. The molecule has 1 amide bonds. The monoisotopic (exact) mass is 357 g/mol. The number of aryl methyl sites for hydroxylation is 1. The number of hydrogen-bond donors (Lipinski definition) is 1. The maximum Gasteiger partial charge on any atom is 0.336 e. The van der Waals surface area contributed by atoms with E-state index in [1.165, 1.54) is 17.0 Å². The number of aliphatic carboxylic acids is 1. The lowest BCUT2D eigenvalue weighted by Crippen LogP contribution is -2.54. The zero-order chi connectivity index (χ0) is 18.4. The normalized spacial score (nSPS) is 22.9. The fourth-order valence-electron chi connectivity index (χ4n) is 3.18. The molecule has 4 rings (SSSR count). The molecule has 2 fully saturated rings. The number of benzene rings is 1. The van der Waals surface area contributed by atoms with E-state index in [1.807, 2.05) is 6.92 Å². The SMILES string of the molecule is Cc1cc(=O)oc2cc(OC/C=C3\OC4CC(=O)N4C3C(=O)O)ccc12. The van der Waals surface area contributed by atoms with Crippen molar-refractivity contribution in [3.63, 3.8) is 0 Å². The molecule has 0 bridgehead atoms. The summed E-state index contributed by atoms with van der Waals surface area (Å²) in [5, 5.41) is 10.1. The minimum absolute atomic E-state index is 0.0510. The molecule has 2 aliphatic rings. The van der Waals surface area contributed by atoms with Gasteiger partial charge in [0.1, 0.15) is 23.7 Å². The van der Waals surface area contributed by atoms with Crippen molar-refractivity contribution in [2.45, 2.75) is 25.6 Å². The lowest BCUT2D eigenvalue weighted by atomic mass is 10.1. The zero-order valence-electron chi connectivity index (χ0n) is 13.8. The van der Waals surface area contributed by atoms with E-state index >= 15 is 0 Å². The summed E-state index contributed by atoms with van der Waals surface area (Å²) in [5.41, 5.74) is 0.783. The van der Waals surface area contributed by atoms with Crippen molar-refractivity contribution in [3.05, 3.63) is 52.1 Å². The highest BCUT2D eigenvalue weighted by atomic mass is 16.5. The summed E-state index contributed by atoms with van der Waals surface area (Å²) in [6.07, 6.45) is 1.18. The number of hydrogen-bond acceptors (Lipinski definition) is 6. The summed E-state index contributed by atoms with van der Waals surface area (Å²) in [6, 6.07) is 5.42. The lowest BCUT2D eigenvalue weighted by molar-refractivity contribution is -0.163. The molecule has 2 atom stereocenters. The largest absolute Gasteiger partial charge is 0.489 e. The summed E-state index contributed by atoms with van der Waals surface area (Å²) in [5.74, 6) is -0.731. The molecular formula is C18H15NO7. The van der Waals surface area contributed by atoms with E-state index in [0.717, 1.165) is 10.9 Å². The van der Waals surface area contributed by atoms with Crippen LogP contribution in [0.3, 0.4) is 0 Å². The molecule has 1 aromatic carbocycles. The predicted octanol–water partition coefficient (Wildman–Crippen LogP) is 1.41. The van der Waals surface area contributed by atoms with E-state index < -0.39 is 23.9 Å². The number of carboxylic acid groups (broad SMARTS) is 1. The van der Waals surface area contributed by atoms with Gasteiger partial charge in [-0.05, 0) is 30.7 Å². The lowest BCUT2D eigenvalue weighted by Gasteiger charge is -2.33. The third kappa shape index (κ3) is 2.59. The van der Waals surface area contributed by atoms with Gasteiger partial charge in [0.25, 0.3) is 0 Å². The fraction of sp³-hybridized carbons (Fsp3) is 0.278. The van der Waals surface area contributed by atoms with Crippen LogP contribution in [0.15, 0.2) is 45.3 Å². The molecule has 2 aliphatic heterocycles. The number of carbonyl (C=O) groups excluding carboxylic acids is 1. The third-order valence-corrected chi connectivity index (χ3v) is 4.46. The Balaban J connectivity index is 1.51. The average Bonchev–Trinajstić information content (AvgIpc) is 2.87. The van der Waals surface area contributed by atoms with Gasteiger partial charge >= 0.3 is 11.6 Å². The van der Waals surface area contributed by atoms with Crippen LogP contribution < -0.4 is 10.4 Å². The zero-order valence-corrected chi connectivity index (χ0v) is 13.8. The van der Waals surface area contributed by atoms with E-state index in [-0.39, 0.29) is 24.7 Å². The Kier molecular flexibility index (Phi) is 3.68. The Bertz CT molecular complexity index is 1010. The smallest absolute Gasteiger partial charge is 0.336 e. The van der Waals surface area contributed by atoms with Crippen LogP contribution in [0.1, 0.15) is 12.0 Å². The van der Waals surface area contributed by atoms with Crippen LogP contribution in [0.5, 0.6) is 5.75 Å². The van der Waals surface area contributed by atoms with Gasteiger partial charge in [-0.3, -0.25) is 9.69 Å². The van der Waals surface area contributed by atoms with Crippen molar-refractivity contribution >= 4 is 22.8 Å². The highest BCUT2D eigenvalue weighted by molar-refractivity contribution is 5.91. The summed E-state index contributed by atoms with van der Waals surface area (Å²) in [6.45, 7) is 1.87. The predicted molar refractivity (Wildman–Crippen MR) is 88.6 cm³/mol. The Morgan fingerprint density at radius 3 is 2.92 bits per heavy atom. The Hall–Kier alpha value is -3.29. The molecule has 8 nitrogen and oxygen atoms in total. The van der Waals surface area contributed by atoms with Crippen LogP contribution in [0.2, 0.25) is 0 Å². The highest BCUT2D eigenvalue weighted by Gasteiger charge is 2.53. The number of nitrogens with zero attached hydrogens (tertiary/aromatic N) is 1. The first-order valence-corrected chi connectivity index (χ1v) is 8.02. The first-order chi connectivity index (χ1) is 12.4. The fourth-order valence-corrected chi connectivity index (χ4v) is 3.18. The molecule has 8 heteroatoms. The molecular weight excluding hydrogens is 342 g/mol. The van der Waals surface area contributed by atoms with Gasteiger partial charge in [0, 0.05) is 17.5 Å². The molecule has 26 heavy (non-hydrogen) atoms. The number of carbonyl (C=O) groups is 2. The van der Waals surface area contributed by atoms with Crippen molar-refractivity contribution in [3.8, 4) is 5.75 Å². The first-order valence-electron chi connectivity index (χ1n) is 8.02. The second kappa shape index (κ2) is 5.91. The maximum atomic E-state index is 11.5. The molecule has 1 N–H and O–H groups in total. The van der Waals surface area contributed by atoms with Crippen molar-refractivity contribution in [2.24, 2.45) is 0 Å². The Labute approximate surface area is 147 Å². The number of fused-ring (bicyclic) bond motifs is 2. The molecule has 0 spiro atoms. The molecule has 0 saturated carbocycles. The molecule has 134 valence electrons. The minimum atomic E-state index is -1.14. The van der Waals surface area contributed by atoms with Gasteiger partial charge in [0.2, 0.25) is 5.91 Å². The van der Waals surface area contributed by atoms with Gasteiger partial charge in [-0.25, -0.2) is 9.59 Å². The number of rotatable bonds is 4. The minimum Gasteiger partial charge on any atom is -0.489 e. The van der Waals surface area contributed by atoms with Crippen LogP contribution in [-0.4, -0.2) is 40.8 Å². The van der Waals surface area contributed by atoms with E-state index in [1.54, 1.807) is 18.2 Å². The Morgan fingerprint density at radius 1 is 1.38 bits per heavy atom. The van der Waals surface area contributed by atoms with Crippen molar-refractivity contribution < 1.29 is 28.6 Å². The van der Waals surface area contributed by atoms with Crippen molar-refractivity contribution in [1.29, 1.82) is 0 Å². The summed E-state index contributed by atoms with van der Waals surface area (Å²) in [7, 11) is 0. The molecule has 2 aromatic rings. The Morgan fingerprint density at radius 2 is 2.19 bits per heavy atom. The maximum absolute atomic E-state index is 11.5. The molecule has 1 aromatic heterocycles. The van der Waals surface area contributed by atoms with Gasteiger partial charge in [-0.1, -0.05) is 0 Å². The number of ether oxygens (including phenoxy) is 2. The summed E-state index contributed by atoms with van der Waals surface area (Å²) in [4.78, 5) is 35.6. The van der Waals surface area contributed by atoms with Crippen LogP contribution in [0.25, 0.3) is 11.0 Å². The van der Waals surface area contributed by atoms with Crippen LogP contribution in [0.4, 0.5) is 0 Å². The average molecular weight is 357 g/mol. The van der Waals surface area contributed by atoms with Gasteiger partial charge < -0.3 is 19.0 Å². The van der Waals surface area contributed by atoms with Gasteiger partial charge in [-0.15, -0.1) is 0 Å². The van der Waals surface area contributed by atoms with E-state index in [0.29, 0.717) is 11.3 Å². The second-order valence-corrected chi connectivity index (χ2v) is 6.14. The van der Waals surface area contributed by atoms with Gasteiger partial charge in [0.05, 0.1) is 6.42 Å². The standard InChI is InChI=1S/C18H15NO7/c1-9-6-16(21)26-13-7-10(2-3-11(9)13)24-5-4-12-17(18(22)23)19-14(20)8-15(19)25-12/h2-4,6-7,15,17H,5,8H2,1H3,(H,22,23)/b12-4-. The molecule has 2 unspecified atom stereocenters. The van der Waals surface area contributed by atoms with Crippen LogP contribution >= 0.6 is 0 Å². The van der Waals surface area contributed by atoms with E-state index in [4.69, 9.17) is 13.9 Å². The van der Waals surface area contributed by atoms with Crippen LogP contribution in [0, 0.1) is 6.92 Å². The summed E-state index contributed by atoms with van der Waals surface area (Å²) >= 11 is 0. The second-order valence-electron chi connectivity index (χ2n) is 6.14. The van der Waals surface area contributed by atoms with E-state index in [9.17, 15) is 19.5 Å². The molecule has 0 radical (unpaired) electrons. The van der Waals surface area contributed by atoms with Crippen molar-refractivity contribution in [2.75, 3.05) is 6.61 Å². The first kappa shape index (κ1) is 16.2. The molecule has 0 aliphatic carbocycles. The molecule has 3 heterocycles. The van der Waals surface area contributed by atoms with Crippen LogP contribution in [-0.2, 0) is 14.3 Å². The summed E-state index contributed by atoms with van der Waals surface area (Å²) < 4.78 is 16.2. The number of β-lactam (4-membered cyclic amide) rings is 1. The van der Waals surface area contributed by atoms with Crippen molar-refractivity contribution in [1.82, 2.24) is 4.90 Å². The quantitative estimate of drug-likeness (QED) is 0.651. The van der Waals surface area contributed by atoms with Gasteiger partial charge in [-0.2, -0.15) is 0 Å². The number of carboxylic acids is 1. The van der Waals surface area contributed by atoms with E-state index in [2.05, 4.69) is 0 Å².